The van der Waals surface area contributed by atoms with Crippen LogP contribution in [-0.4, -0.2) is 5.11 Å². The lowest BCUT2D eigenvalue weighted by molar-refractivity contribution is 0.219. The molecule has 1 atom stereocenters. The highest BCUT2D eigenvalue weighted by Crippen LogP contribution is 2.28. The second-order valence-electron chi connectivity index (χ2n) is 5.01. The smallest absolute Gasteiger partial charge is 0.104 e. The van der Waals surface area contributed by atoms with Crippen molar-refractivity contribution in [2.45, 2.75) is 13.0 Å². The monoisotopic (exact) mass is 326 g/mol. The van der Waals surface area contributed by atoms with E-state index in [4.69, 9.17) is 0 Å². The number of hydrogen-bond acceptors (Lipinski definition) is 1. The normalized spacial score (nSPS) is 12.6. The summed E-state index contributed by atoms with van der Waals surface area (Å²) in [5, 5.41) is 12.9. The van der Waals surface area contributed by atoms with Gasteiger partial charge in [-0.1, -0.05) is 58.4 Å². The van der Waals surface area contributed by atoms with Crippen LogP contribution in [0.2, 0.25) is 0 Å². The van der Waals surface area contributed by atoms with Crippen molar-refractivity contribution in [2.24, 2.45) is 0 Å². The molecule has 20 heavy (non-hydrogen) atoms. The topological polar surface area (TPSA) is 20.2 Å². The number of hydrogen-bond donors (Lipinski definition) is 1. The summed E-state index contributed by atoms with van der Waals surface area (Å²) in [6.45, 7) is 2.02. The fourth-order valence-corrected chi connectivity index (χ4v) is 2.86. The van der Waals surface area contributed by atoms with Crippen LogP contribution in [0, 0.1) is 6.92 Å². The molecule has 1 N–H and O–H groups in total. The predicted octanol–water partition coefficient (Wildman–Crippen LogP) is 4.99. The first kappa shape index (κ1) is 13.3. The molecule has 0 aliphatic carbocycles. The lowest BCUT2D eigenvalue weighted by Gasteiger charge is -2.14. The minimum absolute atomic E-state index is 0.579. The summed E-state index contributed by atoms with van der Waals surface area (Å²) in [7, 11) is 0. The van der Waals surface area contributed by atoms with Gasteiger partial charge in [-0.2, -0.15) is 0 Å². The fourth-order valence-electron chi connectivity index (χ4n) is 2.48. The molecule has 2 heteroatoms. The molecule has 3 aromatic rings. The van der Waals surface area contributed by atoms with Gasteiger partial charge in [-0.05, 0) is 52.6 Å². The molecular formula is C18H15BrO. The summed E-state index contributed by atoms with van der Waals surface area (Å²) in [5.41, 5.74) is 2.99. The van der Waals surface area contributed by atoms with Gasteiger partial charge in [0.1, 0.15) is 6.10 Å². The third-order valence-corrected chi connectivity index (χ3v) is 4.12. The Balaban J connectivity index is 2.06. The van der Waals surface area contributed by atoms with Gasteiger partial charge in [0.15, 0.2) is 0 Å². The second kappa shape index (κ2) is 5.39. The molecule has 0 saturated carbocycles. The van der Waals surface area contributed by atoms with E-state index in [-0.39, 0.29) is 0 Å². The summed E-state index contributed by atoms with van der Waals surface area (Å²) in [4.78, 5) is 0. The van der Waals surface area contributed by atoms with Crippen LogP contribution < -0.4 is 0 Å². The third kappa shape index (κ3) is 2.49. The maximum atomic E-state index is 10.6. The van der Waals surface area contributed by atoms with Gasteiger partial charge in [0.05, 0.1) is 0 Å². The Labute approximate surface area is 127 Å². The van der Waals surface area contributed by atoms with Gasteiger partial charge < -0.3 is 5.11 Å². The van der Waals surface area contributed by atoms with Crippen molar-refractivity contribution < 1.29 is 5.11 Å². The molecule has 3 aromatic carbocycles. The first-order valence-electron chi connectivity index (χ1n) is 6.58. The van der Waals surface area contributed by atoms with Gasteiger partial charge in [0.2, 0.25) is 0 Å². The van der Waals surface area contributed by atoms with Gasteiger partial charge >= 0.3 is 0 Å². The lowest BCUT2D eigenvalue weighted by Crippen LogP contribution is -2.01. The molecule has 0 aliphatic rings. The molecule has 1 unspecified atom stereocenters. The van der Waals surface area contributed by atoms with Crippen molar-refractivity contribution in [3.8, 4) is 0 Å². The molecule has 0 bridgehead atoms. The molecule has 0 saturated heterocycles. The molecule has 0 aliphatic heterocycles. The number of aliphatic hydroxyl groups is 1. The maximum Gasteiger partial charge on any atom is 0.104 e. The SMILES string of the molecule is Cc1ccccc1C(O)c1ccc2cc(Br)ccc2c1. The Morgan fingerprint density at radius 1 is 0.900 bits per heavy atom. The van der Waals surface area contributed by atoms with E-state index < -0.39 is 6.10 Å². The highest BCUT2D eigenvalue weighted by Gasteiger charge is 2.12. The van der Waals surface area contributed by atoms with Crippen LogP contribution in [0.3, 0.4) is 0 Å². The minimum atomic E-state index is -0.579. The predicted molar refractivity (Wildman–Crippen MR) is 86.9 cm³/mol. The van der Waals surface area contributed by atoms with E-state index in [1.54, 1.807) is 0 Å². The van der Waals surface area contributed by atoms with Gasteiger partial charge in [0, 0.05) is 4.47 Å². The van der Waals surface area contributed by atoms with Crippen LogP contribution in [0.4, 0.5) is 0 Å². The van der Waals surface area contributed by atoms with Crippen molar-refractivity contribution in [1.82, 2.24) is 0 Å². The molecule has 1 nitrogen and oxygen atoms in total. The average Bonchev–Trinajstić information content (AvgIpc) is 2.46. The molecule has 100 valence electrons. The maximum absolute atomic E-state index is 10.6. The lowest BCUT2D eigenvalue weighted by atomic mass is 9.96. The summed E-state index contributed by atoms with van der Waals surface area (Å²) in [6, 6.07) is 20.2. The molecular weight excluding hydrogens is 312 g/mol. The van der Waals surface area contributed by atoms with E-state index in [1.165, 1.54) is 5.39 Å². The molecule has 0 aromatic heterocycles. The van der Waals surface area contributed by atoms with Crippen LogP contribution in [0.5, 0.6) is 0 Å². The zero-order chi connectivity index (χ0) is 14.1. The van der Waals surface area contributed by atoms with E-state index >= 15 is 0 Å². The molecule has 0 radical (unpaired) electrons. The Morgan fingerprint density at radius 3 is 2.40 bits per heavy atom. The van der Waals surface area contributed by atoms with E-state index in [0.29, 0.717) is 0 Å². The molecule has 0 amide bonds. The van der Waals surface area contributed by atoms with Crippen LogP contribution in [0.15, 0.2) is 65.1 Å². The average molecular weight is 327 g/mol. The quantitative estimate of drug-likeness (QED) is 0.703. The zero-order valence-electron chi connectivity index (χ0n) is 11.2. The Hall–Kier alpha value is -1.64. The Morgan fingerprint density at radius 2 is 1.60 bits per heavy atom. The summed E-state index contributed by atoms with van der Waals surface area (Å²) >= 11 is 3.48. The summed E-state index contributed by atoms with van der Waals surface area (Å²) < 4.78 is 1.07. The van der Waals surface area contributed by atoms with Gasteiger partial charge in [-0.3, -0.25) is 0 Å². The Kier molecular flexibility index (Phi) is 3.60. The molecule has 0 heterocycles. The molecule has 0 spiro atoms. The zero-order valence-corrected chi connectivity index (χ0v) is 12.8. The van der Waals surface area contributed by atoms with Crippen molar-refractivity contribution in [3.05, 3.63) is 81.8 Å². The van der Waals surface area contributed by atoms with Gasteiger partial charge in [-0.25, -0.2) is 0 Å². The summed E-state index contributed by atoms with van der Waals surface area (Å²) in [5.74, 6) is 0. The second-order valence-corrected chi connectivity index (χ2v) is 5.93. The van der Waals surface area contributed by atoms with Gasteiger partial charge in [-0.15, -0.1) is 0 Å². The third-order valence-electron chi connectivity index (χ3n) is 3.63. The number of rotatable bonds is 2. The number of aryl methyl sites for hydroxylation is 1. The van der Waals surface area contributed by atoms with Crippen LogP contribution >= 0.6 is 15.9 Å². The van der Waals surface area contributed by atoms with E-state index in [0.717, 1.165) is 26.5 Å². The van der Waals surface area contributed by atoms with Crippen LogP contribution in [-0.2, 0) is 0 Å². The van der Waals surface area contributed by atoms with Crippen molar-refractivity contribution in [3.63, 3.8) is 0 Å². The number of benzene rings is 3. The van der Waals surface area contributed by atoms with Crippen LogP contribution in [0.1, 0.15) is 22.8 Å². The van der Waals surface area contributed by atoms with Crippen molar-refractivity contribution in [2.75, 3.05) is 0 Å². The molecule has 0 fully saturated rings. The highest BCUT2D eigenvalue weighted by molar-refractivity contribution is 9.10. The number of aliphatic hydroxyl groups excluding tert-OH is 1. The van der Waals surface area contributed by atoms with Crippen LogP contribution in [0.25, 0.3) is 10.8 Å². The largest absolute Gasteiger partial charge is 0.384 e. The Bertz CT molecular complexity index is 764. The van der Waals surface area contributed by atoms with E-state index in [9.17, 15) is 5.11 Å². The number of fused-ring (bicyclic) bond motifs is 1. The molecule has 3 rings (SSSR count). The van der Waals surface area contributed by atoms with Gasteiger partial charge in [0.25, 0.3) is 0 Å². The standard InChI is InChI=1S/C18H15BrO/c1-12-4-2-3-5-17(12)18(20)15-7-6-14-11-16(19)9-8-13(14)10-15/h2-11,18,20H,1H3. The first-order chi connectivity index (χ1) is 9.65. The highest BCUT2D eigenvalue weighted by atomic mass is 79.9. The fraction of sp³-hybridized carbons (Fsp3) is 0.111. The first-order valence-corrected chi connectivity index (χ1v) is 7.37. The minimum Gasteiger partial charge on any atom is -0.384 e. The van der Waals surface area contributed by atoms with E-state index in [1.807, 2.05) is 43.3 Å². The van der Waals surface area contributed by atoms with Crippen molar-refractivity contribution in [1.29, 1.82) is 0 Å². The number of halogens is 1. The summed E-state index contributed by atoms with van der Waals surface area (Å²) in [6.07, 6.45) is -0.579. The van der Waals surface area contributed by atoms with Crippen molar-refractivity contribution >= 4 is 26.7 Å². The van der Waals surface area contributed by atoms with E-state index in [2.05, 4.69) is 40.2 Å².